The van der Waals surface area contributed by atoms with Crippen molar-refractivity contribution in [3.05, 3.63) is 47.7 Å². The minimum Gasteiger partial charge on any atom is -0.468 e. The number of fused-ring (bicyclic) bond motifs is 2. The Kier molecular flexibility index (Phi) is 10.8. The third-order valence-electron chi connectivity index (χ3n) is 9.87. The van der Waals surface area contributed by atoms with E-state index in [2.05, 4.69) is 73.3 Å². The summed E-state index contributed by atoms with van der Waals surface area (Å²) in [5, 5.41) is 14.6. The molecule has 2 N–H and O–H groups in total. The Morgan fingerprint density at radius 3 is 2.26 bits per heavy atom. The maximum absolute atomic E-state index is 17.1. The van der Waals surface area contributed by atoms with E-state index in [9.17, 15) is 5.11 Å². The van der Waals surface area contributed by atoms with Gasteiger partial charge in [-0.1, -0.05) is 53.5 Å². The van der Waals surface area contributed by atoms with E-state index < -0.39 is 25.2 Å². The standard InChI is InChI=1S/C39H50F2N4O4Si/c1-23(2)50(24(3)4,25(5)6)16-13-28-31(40)12-11-26-17-27(49-22-47-10)18-29(32(26)28)34-33(41)35-30(19-42-34)36(45-38(7,8)9)44-37(43-35)48-21-39(20-46)14-15-39/h11-12,17-19,23-25,46H,14-15,20-22H2,1-10H3,(H,43,44,45). The van der Waals surface area contributed by atoms with Gasteiger partial charge >= 0.3 is 6.01 Å². The number of pyridine rings is 1. The number of nitrogens with one attached hydrogen (secondary N) is 1. The Labute approximate surface area is 295 Å². The lowest BCUT2D eigenvalue weighted by Gasteiger charge is -2.38. The highest BCUT2D eigenvalue weighted by Crippen LogP contribution is 2.46. The van der Waals surface area contributed by atoms with Crippen LogP contribution in [0.15, 0.2) is 30.5 Å². The molecule has 2 heterocycles. The Hall–Kier alpha value is -3.85. The number of rotatable bonds is 12. The SMILES string of the molecule is COCOc1cc(-c2ncc3c(NC(C)(C)C)nc(OCC4(CO)CC4)nc3c2F)c2c(C#C[Si](C(C)C)(C(C)C)C(C)C)c(F)ccc2c1. The number of nitrogens with zero attached hydrogens (tertiary/aromatic N) is 3. The van der Waals surface area contributed by atoms with Crippen molar-refractivity contribution in [3.63, 3.8) is 0 Å². The predicted octanol–water partition coefficient (Wildman–Crippen LogP) is 9.04. The number of aliphatic hydroxyl groups is 1. The molecule has 0 spiro atoms. The van der Waals surface area contributed by atoms with Crippen molar-refractivity contribution in [3.8, 4) is 34.5 Å². The fourth-order valence-corrected chi connectivity index (χ4v) is 12.2. The Bertz CT molecular complexity index is 1920. The van der Waals surface area contributed by atoms with E-state index in [1.807, 2.05) is 20.8 Å². The molecule has 0 saturated heterocycles. The van der Waals surface area contributed by atoms with Crippen LogP contribution in [0.5, 0.6) is 11.8 Å². The summed E-state index contributed by atoms with van der Waals surface area (Å²) < 4.78 is 50.0. The minimum absolute atomic E-state index is 0.00755. The van der Waals surface area contributed by atoms with Gasteiger partial charge in [0.1, 0.15) is 36.7 Å². The maximum Gasteiger partial charge on any atom is 0.319 e. The fraction of sp³-hybridized carbons (Fsp3) is 0.513. The van der Waals surface area contributed by atoms with Gasteiger partial charge in [0, 0.05) is 35.2 Å². The van der Waals surface area contributed by atoms with Crippen LogP contribution in [-0.4, -0.2) is 60.8 Å². The normalized spacial score (nSPS) is 14.4. The van der Waals surface area contributed by atoms with Crippen LogP contribution in [0.25, 0.3) is 32.9 Å². The van der Waals surface area contributed by atoms with Gasteiger partial charge in [-0.25, -0.2) is 8.78 Å². The van der Waals surface area contributed by atoms with Crippen LogP contribution in [-0.2, 0) is 4.74 Å². The van der Waals surface area contributed by atoms with Gasteiger partial charge < -0.3 is 24.6 Å². The molecule has 0 atom stereocenters. The van der Waals surface area contributed by atoms with E-state index in [0.29, 0.717) is 49.9 Å². The van der Waals surface area contributed by atoms with Crippen LogP contribution < -0.4 is 14.8 Å². The van der Waals surface area contributed by atoms with Crippen molar-refractivity contribution in [1.82, 2.24) is 15.0 Å². The largest absolute Gasteiger partial charge is 0.468 e. The molecule has 1 saturated carbocycles. The number of aromatic nitrogens is 3. The zero-order chi connectivity index (χ0) is 36.6. The molecule has 0 unspecified atom stereocenters. The lowest BCUT2D eigenvalue weighted by molar-refractivity contribution is 0.0512. The first kappa shape index (κ1) is 37.4. The number of anilines is 1. The summed E-state index contributed by atoms with van der Waals surface area (Å²) in [4.78, 5) is 13.7. The maximum atomic E-state index is 17.1. The van der Waals surface area contributed by atoms with Crippen molar-refractivity contribution in [2.75, 3.05) is 32.4 Å². The zero-order valence-electron chi connectivity index (χ0n) is 30.9. The van der Waals surface area contributed by atoms with Crippen LogP contribution in [0.2, 0.25) is 16.6 Å². The summed E-state index contributed by atoms with van der Waals surface area (Å²) in [6.45, 7) is 19.3. The number of hydrogen-bond donors (Lipinski definition) is 2. The summed E-state index contributed by atoms with van der Waals surface area (Å²) in [6.07, 6.45) is 3.19. The molecule has 268 valence electrons. The molecule has 4 aromatic rings. The fourth-order valence-electron chi connectivity index (χ4n) is 7.02. The quantitative estimate of drug-likeness (QED) is 0.0857. The van der Waals surface area contributed by atoms with Crippen LogP contribution >= 0.6 is 0 Å². The third kappa shape index (κ3) is 7.43. The Balaban J connectivity index is 1.79. The van der Waals surface area contributed by atoms with Crippen LogP contribution in [0, 0.1) is 28.5 Å². The summed E-state index contributed by atoms with van der Waals surface area (Å²) in [7, 11) is -0.746. The number of halogens is 2. The van der Waals surface area contributed by atoms with Crippen molar-refractivity contribution in [1.29, 1.82) is 0 Å². The highest BCUT2D eigenvalue weighted by Gasteiger charge is 2.43. The van der Waals surface area contributed by atoms with Gasteiger partial charge in [-0.2, -0.15) is 9.97 Å². The van der Waals surface area contributed by atoms with Crippen molar-refractivity contribution >= 4 is 35.6 Å². The summed E-state index contributed by atoms with van der Waals surface area (Å²) in [6, 6.07) is 6.44. The Morgan fingerprint density at radius 2 is 1.68 bits per heavy atom. The highest BCUT2D eigenvalue weighted by atomic mass is 28.3. The van der Waals surface area contributed by atoms with Gasteiger partial charge in [0.2, 0.25) is 0 Å². The molecular weight excluding hydrogens is 655 g/mol. The molecule has 1 fully saturated rings. The van der Waals surface area contributed by atoms with E-state index in [1.165, 1.54) is 19.4 Å². The lowest BCUT2D eigenvalue weighted by atomic mass is 9.95. The predicted molar refractivity (Wildman–Crippen MR) is 198 cm³/mol. The molecule has 8 nitrogen and oxygen atoms in total. The van der Waals surface area contributed by atoms with E-state index in [1.54, 1.807) is 18.2 Å². The van der Waals surface area contributed by atoms with Gasteiger partial charge in [0.25, 0.3) is 0 Å². The second-order valence-electron chi connectivity index (χ2n) is 15.5. The van der Waals surface area contributed by atoms with E-state index >= 15 is 8.78 Å². The molecular formula is C39H50F2N4O4Si. The first-order chi connectivity index (χ1) is 23.6. The second-order valence-corrected chi connectivity index (χ2v) is 21.1. The molecule has 0 amide bonds. The first-order valence-corrected chi connectivity index (χ1v) is 19.6. The van der Waals surface area contributed by atoms with Gasteiger partial charge in [0.05, 0.1) is 24.2 Å². The summed E-state index contributed by atoms with van der Waals surface area (Å²) in [5.74, 6) is 2.84. The first-order valence-electron chi connectivity index (χ1n) is 17.4. The van der Waals surface area contributed by atoms with Crippen molar-refractivity contribution < 1.29 is 28.1 Å². The van der Waals surface area contributed by atoms with Gasteiger partial charge in [-0.05, 0) is 73.8 Å². The number of hydrogen-bond acceptors (Lipinski definition) is 8. The average Bonchev–Trinajstić information content (AvgIpc) is 3.83. The van der Waals surface area contributed by atoms with Crippen molar-refractivity contribution in [2.24, 2.45) is 5.41 Å². The number of methoxy groups -OCH3 is 1. The molecule has 0 aliphatic heterocycles. The molecule has 2 aromatic heterocycles. The summed E-state index contributed by atoms with van der Waals surface area (Å²) in [5.41, 5.74) is 4.34. The monoisotopic (exact) mass is 704 g/mol. The molecule has 0 bridgehead atoms. The van der Waals surface area contributed by atoms with E-state index in [4.69, 9.17) is 14.2 Å². The second kappa shape index (κ2) is 14.4. The van der Waals surface area contributed by atoms with Crippen LogP contribution in [0.3, 0.4) is 0 Å². The number of ether oxygens (including phenoxy) is 3. The smallest absolute Gasteiger partial charge is 0.319 e. The summed E-state index contributed by atoms with van der Waals surface area (Å²) >= 11 is 0. The number of benzene rings is 2. The van der Waals surface area contributed by atoms with Gasteiger partial charge in [0.15, 0.2) is 12.6 Å². The van der Waals surface area contributed by atoms with E-state index in [-0.39, 0.29) is 48.2 Å². The molecule has 11 heteroatoms. The average molecular weight is 705 g/mol. The molecule has 1 aliphatic carbocycles. The van der Waals surface area contributed by atoms with Crippen molar-refractivity contribution in [2.45, 2.75) is 97.3 Å². The molecule has 5 rings (SSSR count). The highest BCUT2D eigenvalue weighted by molar-refractivity contribution is 6.90. The molecule has 50 heavy (non-hydrogen) atoms. The van der Waals surface area contributed by atoms with Gasteiger partial charge in [-0.3, -0.25) is 4.98 Å². The molecule has 0 radical (unpaired) electrons. The molecule has 2 aromatic carbocycles. The van der Waals surface area contributed by atoms with E-state index in [0.717, 1.165) is 12.8 Å². The third-order valence-corrected chi connectivity index (χ3v) is 16.2. The molecule has 1 aliphatic rings. The zero-order valence-corrected chi connectivity index (χ0v) is 31.9. The Morgan fingerprint density at radius 1 is 1.00 bits per heavy atom. The minimum atomic E-state index is -2.26. The topological polar surface area (TPSA) is 98.6 Å². The number of aliphatic hydroxyl groups excluding tert-OH is 1. The lowest BCUT2D eigenvalue weighted by Crippen LogP contribution is -2.43. The van der Waals surface area contributed by atoms with Crippen LogP contribution in [0.1, 0.15) is 80.7 Å². The van der Waals surface area contributed by atoms with Gasteiger partial charge in [-0.15, -0.1) is 5.54 Å². The van der Waals surface area contributed by atoms with Crippen LogP contribution in [0.4, 0.5) is 14.6 Å².